The maximum Gasteiger partial charge on any atom is 0.251 e. The summed E-state index contributed by atoms with van der Waals surface area (Å²) in [6.07, 6.45) is 0. The highest BCUT2D eigenvalue weighted by atomic mass is 16.5. The average molecular weight is 337 g/mol. The zero-order chi connectivity index (χ0) is 18.0. The summed E-state index contributed by atoms with van der Waals surface area (Å²) in [4.78, 5) is 11.9. The molecule has 0 aliphatic rings. The number of methoxy groups -OCH3 is 1. The Morgan fingerprint density at radius 2 is 1.88 bits per heavy atom. The molecule has 0 atom stereocenters. The number of nitrogens with zero attached hydrogens (tertiary/aromatic N) is 1. The molecule has 2 aromatic carbocycles. The summed E-state index contributed by atoms with van der Waals surface area (Å²) in [6, 6.07) is 13.5. The fourth-order valence-corrected chi connectivity index (χ4v) is 3.17. The van der Waals surface area contributed by atoms with Crippen LogP contribution >= 0.6 is 0 Å². The maximum atomic E-state index is 11.9. The molecule has 1 heterocycles. The third kappa shape index (κ3) is 2.93. The lowest BCUT2D eigenvalue weighted by atomic mass is 10.1. The standard InChI is InChI=1S/C20H23N3O2/c1-4-22-20(24)14-8-6-13(7-9-14)19-18(21)16-12-15(25-3)10-11-17(16)23(19)5-2/h6-12H,4-5,21H2,1-3H3,(H,22,24). The van der Waals surface area contributed by atoms with E-state index >= 15 is 0 Å². The number of hydrogen-bond acceptors (Lipinski definition) is 3. The Balaban J connectivity index is 2.11. The first-order valence-electron chi connectivity index (χ1n) is 8.45. The van der Waals surface area contributed by atoms with Crippen molar-refractivity contribution in [3.8, 4) is 17.0 Å². The van der Waals surface area contributed by atoms with E-state index in [1.807, 2.05) is 49.4 Å². The summed E-state index contributed by atoms with van der Waals surface area (Å²) in [5.74, 6) is 0.716. The number of hydrogen-bond donors (Lipinski definition) is 2. The molecule has 0 bridgehead atoms. The van der Waals surface area contributed by atoms with Gasteiger partial charge in [0.15, 0.2) is 0 Å². The van der Waals surface area contributed by atoms with E-state index in [-0.39, 0.29) is 5.91 Å². The smallest absolute Gasteiger partial charge is 0.251 e. The summed E-state index contributed by atoms with van der Waals surface area (Å²) in [7, 11) is 1.65. The molecule has 3 rings (SSSR count). The highest BCUT2D eigenvalue weighted by Gasteiger charge is 2.17. The van der Waals surface area contributed by atoms with Gasteiger partial charge in [0.1, 0.15) is 5.75 Å². The Bertz CT molecular complexity index is 911. The molecule has 1 amide bonds. The van der Waals surface area contributed by atoms with Gasteiger partial charge in [-0.1, -0.05) is 12.1 Å². The van der Waals surface area contributed by atoms with Gasteiger partial charge < -0.3 is 20.4 Å². The molecule has 1 aromatic heterocycles. The molecule has 0 unspecified atom stereocenters. The quantitative estimate of drug-likeness (QED) is 0.746. The number of amides is 1. The number of fused-ring (bicyclic) bond motifs is 1. The summed E-state index contributed by atoms with van der Waals surface area (Å²) in [5, 5.41) is 3.78. The summed E-state index contributed by atoms with van der Waals surface area (Å²) in [5.41, 5.74) is 10.9. The molecule has 0 spiro atoms. The molecule has 0 saturated heterocycles. The van der Waals surface area contributed by atoms with Crippen LogP contribution in [0.15, 0.2) is 42.5 Å². The minimum absolute atomic E-state index is 0.0669. The molecular weight excluding hydrogens is 314 g/mol. The van der Waals surface area contributed by atoms with Gasteiger partial charge in [0.25, 0.3) is 5.91 Å². The Hall–Kier alpha value is -2.95. The maximum absolute atomic E-state index is 11.9. The van der Waals surface area contributed by atoms with Crippen LogP contribution in [0, 0.1) is 0 Å². The van der Waals surface area contributed by atoms with E-state index in [1.165, 1.54) is 0 Å². The van der Waals surface area contributed by atoms with Crippen LogP contribution < -0.4 is 15.8 Å². The van der Waals surface area contributed by atoms with Crippen LogP contribution in [0.4, 0.5) is 5.69 Å². The number of nitrogens with one attached hydrogen (secondary N) is 1. The van der Waals surface area contributed by atoms with E-state index < -0.39 is 0 Å². The number of aromatic nitrogens is 1. The van der Waals surface area contributed by atoms with Crippen LogP contribution in [0.25, 0.3) is 22.2 Å². The lowest BCUT2D eigenvalue weighted by Gasteiger charge is -2.10. The first-order valence-corrected chi connectivity index (χ1v) is 8.45. The number of rotatable bonds is 5. The SMILES string of the molecule is CCNC(=O)c1ccc(-c2c(N)c3cc(OC)ccc3n2CC)cc1. The van der Waals surface area contributed by atoms with Gasteiger partial charge >= 0.3 is 0 Å². The largest absolute Gasteiger partial charge is 0.497 e. The molecule has 0 radical (unpaired) electrons. The predicted molar refractivity (Wildman–Crippen MR) is 102 cm³/mol. The van der Waals surface area contributed by atoms with Crippen molar-refractivity contribution in [3.63, 3.8) is 0 Å². The molecule has 0 saturated carbocycles. The van der Waals surface area contributed by atoms with Crippen LogP contribution in [0.1, 0.15) is 24.2 Å². The van der Waals surface area contributed by atoms with Gasteiger partial charge in [-0.2, -0.15) is 0 Å². The molecular formula is C20H23N3O2. The topological polar surface area (TPSA) is 69.3 Å². The summed E-state index contributed by atoms with van der Waals surface area (Å²) >= 11 is 0. The van der Waals surface area contributed by atoms with Gasteiger partial charge in [-0.15, -0.1) is 0 Å². The molecule has 3 aromatic rings. The van der Waals surface area contributed by atoms with Gasteiger partial charge in [0.05, 0.1) is 24.0 Å². The minimum Gasteiger partial charge on any atom is -0.497 e. The highest BCUT2D eigenvalue weighted by molar-refractivity contribution is 6.02. The molecule has 130 valence electrons. The number of ether oxygens (including phenoxy) is 1. The van der Waals surface area contributed by atoms with E-state index in [1.54, 1.807) is 7.11 Å². The Morgan fingerprint density at radius 1 is 1.16 bits per heavy atom. The van der Waals surface area contributed by atoms with Crippen molar-refractivity contribution in [1.82, 2.24) is 9.88 Å². The van der Waals surface area contributed by atoms with Crippen molar-refractivity contribution in [3.05, 3.63) is 48.0 Å². The lowest BCUT2D eigenvalue weighted by Crippen LogP contribution is -2.22. The van der Waals surface area contributed by atoms with E-state index in [0.717, 1.165) is 40.1 Å². The second-order valence-corrected chi connectivity index (χ2v) is 5.83. The fraction of sp³-hybridized carbons (Fsp3) is 0.250. The average Bonchev–Trinajstić information content (AvgIpc) is 2.93. The van der Waals surface area contributed by atoms with E-state index in [2.05, 4.69) is 16.8 Å². The van der Waals surface area contributed by atoms with Crippen molar-refractivity contribution in [2.75, 3.05) is 19.4 Å². The Kier molecular flexibility index (Phi) is 4.65. The molecule has 0 aliphatic heterocycles. The molecule has 0 aliphatic carbocycles. The first-order chi connectivity index (χ1) is 12.1. The van der Waals surface area contributed by atoms with Gasteiger partial charge in [0.2, 0.25) is 0 Å². The number of benzene rings is 2. The fourth-order valence-electron chi connectivity index (χ4n) is 3.17. The zero-order valence-electron chi connectivity index (χ0n) is 14.8. The van der Waals surface area contributed by atoms with Crippen LogP contribution in [0.2, 0.25) is 0 Å². The van der Waals surface area contributed by atoms with E-state index in [4.69, 9.17) is 10.5 Å². The molecule has 5 nitrogen and oxygen atoms in total. The Labute approximate surface area is 147 Å². The third-order valence-corrected chi connectivity index (χ3v) is 4.38. The van der Waals surface area contributed by atoms with Crippen LogP contribution in [-0.4, -0.2) is 24.1 Å². The van der Waals surface area contributed by atoms with Crippen LogP contribution in [0.5, 0.6) is 5.75 Å². The predicted octanol–water partition coefficient (Wildman–Crippen LogP) is 3.67. The molecule has 3 N–H and O–H groups in total. The van der Waals surface area contributed by atoms with Gasteiger partial charge in [-0.25, -0.2) is 0 Å². The van der Waals surface area contributed by atoms with Gasteiger partial charge in [-0.3, -0.25) is 4.79 Å². The second-order valence-electron chi connectivity index (χ2n) is 5.83. The normalized spacial score (nSPS) is 10.8. The summed E-state index contributed by atoms with van der Waals surface area (Å²) < 4.78 is 7.51. The van der Waals surface area contributed by atoms with Crippen molar-refractivity contribution >= 4 is 22.5 Å². The number of nitrogens with two attached hydrogens (primary N) is 1. The first kappa shape index (κ1) is 16.9. The molecule has 0 fully saturated rings. The van der Waals surface area contributed by atoms with Crippen molar-refractivity contribution in [1.29, 1.82) is 0 Å². The van der Waals surface area contributed by atoms with Gasteiger partial charge in [-0.05, 0) is 44.2 Å². The minimum atomic E-state index is -0.0669. The van der Waals surface area contributed by atoms with Crippen LogP contribution in [-0.2, 0) is 6.54 Å². The molecule has 5 heteroatoms. The van der Waals surface area contributed by atoms with Crippen molar-refractivity contribution < 1.29 is 9.53 Å². The number of aryl methyl sites for hydroxylation is 1. The summed E-state index contributed by atoms with van der Waals surface area (Å²) in [6.45, 7) is 5.41. The van der Waals surface area contributed by atoms with E-state index in [0.29, 0.717) is 12.1 Å². The molecule has 25 heavy (non-hydrogen) atoms. The highest BCUT2D eigenvalue weighted by Crippen LogP contribution is 2.37. The van der Waals surface area contributed by atoms with Crippen molar-refractivity contribution in [2.24, 2.45) is 0 Å². The number of nitrogen functional groups attached to an aromatic ring is 1. The zero-order valence-corrected chi connectivity index (χ0v) is 14.8. The third-order valence-electron chi connectivity index (χ3n) is 4.38. The Morgan fingerprint density at radius 3 is 2.48 bits per heavy atom. The number of carbonyl (C=O) groups excluding carboxylic acids is 1. The van der Waals surface area contributed by atoms with Gasteiger partial charge in [0, 0.05) is 29.6 Å². The second kappa shape index (κ2) is 6.89. The number of carbonyl (C=O) groups is 1. The van der Waals surface area contributed by atoms with Crippen molar-refractivity contribution in [2.45, 2.75) is 20.4 Å². The monoisotopic (exact) mass is 337 g/mol. The van der Waals surface area contributed by atoms with E-state index in [9.17, 15) is 4.79 Å². The van der Waals surface area contributed by atoms with Crippen LogP contribution in [0.3, 0.4) is 0 Å². The number of anilines is 1. The lowest BCUT2D eigenvalue weighted by molar-refractivity contribution is 0.0956.